The molecule has 0 bridgehead atoms. The fraction of sp³-hybridized carbons (Fsp3) is 0.100. The van der Waals surface area contributed by atoms with Crippen molar-refractivity contribution < 1.29 is 13.2 Å². The number of rotatable bonds is 4. The Balaban J connectivity index is 1.64. The van der Waals surface area contributed by atoms with E-state index in [1.54, 1.807) is 24.3 Å². The van der Waals surface area contributed by atoms with Gasteiger partial charge >= 0.3 is 0 Å². The second-order valence-corrected chi connectivity index (χ2v) is 9.40. The summed E-state index contributed by atoms with van der Waals surface area (Å²) < 4.78 is 31.3. The molecule has 0 saturated carbocycles. The molecule has 1 aromatic heterocycles. The van der Waals surface area contributed by atoms with E-state index in [2.05, 4.69) is 16.4 Å². The highest BCUT2D eigenvalue weighted by Crippen LogP contribution is 2.36. The standard InChI is InChI=1S/C20H16N4O3S2/c1-24(2)29(25,26)14-9-7-13(8-10-14)17-12-28-20(23-17)15(11-21)19-22-16-5-3-4-6-18(16)27-19/h3-10,12,22H,1-2H3/b19-15+. The first-order chi connectivity index (χ1) is 13.9. The summed E-state index contributed by atoms with van der Waals surface area (Å²) >= 11 is 1.32. The number of anilines is 1. The third-order valence-electron chi connectivity index (χ3n) is 4.33. The van der Waals surface area contributed by atoms with Crippen molar-refractivity contribution >= 4 is 32.6 Å². The highest BCUT2D eigenvalue weighted by atomic mass is 32.2. The second-order valence-electron chi connectivity index (χ2n) is 6.39. The zero-order chi connectivity index (χ0) is 20.6. The number of hydrogen-bond acceptors (Lipinski definition) is 7. The third-order valence-corrected chi connectivity index (χ3v) is 7.02. The van der Waals surface area contributed by atoms with Gasteiger partial charge in [-0.1, -0.05) is 24.3 Å². The first-order valence-electron chi connectivity index (χ1n) is 8.57. The van der Waals surface area contributed by atoms with Gasteiger partial charge < -0.3 is 10.1 Å². The first kappa shape index (κ1) is 19.1. The van der Waals surface area contributed by atoms with Gasteiger partial charge in [0.1, 0.15) is 16.6 Å². The number of fused-ring (bicyclic) bond motifs is 1. The Morgan fingerprint density at radius 1 is 1.17 bits per heavy atom. The number of nitrogens with one attached hydrogen (secondary N) is 1. The van der Waals surface area contributed by atoms with Crippen LogP contribution in [0.5, 0.6) is 5.75 Å². The number of aromatic nitrogens is 1. The third kappa shape index (κ3) is 3.49. The lowest BCUT2D eigenvalue weighted by Gasteiger charge is -2.11. The van der Waals surface area contributed by atoms with Crippen molar-refractivity contribution in [2.75, 3.05) is 19.4 Å². The first-order valence-corrected chi connectivity index (χ1v) is 10.9. The zero-order valence-electron chi connectivity index (χ0n) is 15.6. The molecule has 1 aliphatic rings. The van der Waals surface area contributed by atoms with Crippen molar-refractivity contribution in [2.45, 2.75) is 4.90 Å². The summed E-state index contributed by atoms with van der Waals surface area (Å²) in [5.41, 5.74) is 2.52. The van der Waals surface area contributed by atoms with E-state index in [0.717, 1.165) is 11.3 Å². The summed E-state index contributed by atoms with van der Waals surface area (Å²) in [6.45, 7) is 0. The van der Waals surface area contributed by atoms with E-state index in [1.165, 1.54) is 29.7 Å². The van der Waals surface area contributed by atoms with Gasteiger partial charge in [-0.3, -0.25) is 0 Å². The Labute approximate surface area is 172 Å². The summed E-state index contributed by atoms with van der Waals surface area (Å²) in [7, 11) is -0.504. The van der Waals surface area contributed by atoms with Crippen molar-refractivity contribution in [3.63, 3.8) is 0 Å². The van der Waals surface area contributed by atoms with E-state index in [9.17, 15) is 13.7 Å². The Bertz CT molecular complexity index is 1230. The molecular weight excluding hydrogens is 408 g/mol. The molecule has 3 aromatic rings. The van der Waals surface area contributed by atoms with Gasteiger partial charge in [0, 0.05) is 25.0 Å². The quantitative estimate of drug-likeness (QED) is 0.641. The summed E-state index contributed by atoms with van der Waals surface area (Å²) in [5, 5.41) is 15.1. The van der Waals surface area contributed by atoms with Gasteiger partial charge in [-0.05, 0) is 24.3 Å². The van der Waals surface area contributed by atoms with Crippen LogP contribution in [-0.4, -0.2) is 31.8 Å². The lowest BCUT2D eigenvalue weighted by molar-refractivity contribution is 0.460. The van der Waals surface area contributed by atoms with Crippen molar-refractivity contribution in [1.29, 1.82) is 5.26 Å². The molecule has 29 heavy (non-hydrogen) atoms. The topological polar surface area (TPSA) is 95.3 Å². The largest absolute Gasteiger partial charge is 0.437 e. The maximum Gasteiger partial charge on any atom is 0.242 e. The van der Waals surface area contributed by atoms with Crippen LogP contribution in [0.15, 0.2) is 64.7 Å². The predicted molar refractivity (Wildman–Crippen MR) is 112 cm³/mol. The maximum atomic E-state index is 12.2. The number of nitrogens with zero attached hydrogens (tertiary/aromatic N) is 3. The Morgan fingerprint density at radius 2 is 1.90 bits per heavy atom. The Kier molecular flexibility index (Phi) is 4.84. The van der Waals surface area contributed by atoms with Gasteiger partial charge in [-0.25, -0.2) is 17.7 Å². The van der Waals surface area contributed by atoms with Crippen LogP contribution in [0.4, 0.5) is 5.69 Å². The monoisotopic (exact) mass is 424 g/mol. The van der Waals surface area contributed by atoms with Crippen LogP contribution < -0.4 is 10.1 Å². The van der Waals surface area contributed by atoms with Crippen LogP contribution in [-0.2, 0) is 10.0 Å². The van der Waals surface area contributed by atoms with Crippen molar-refractivity contribution in [3.05, 3.63) is 64.8 Å². The molecule has 0 saturated heterocycles. The molecule has 9 heteroatoms. The average molecular weight is 425 g/mol. The number of nitriles is 1. The smallest absolute Gasteiger partial charge is 0.242 e. The minimum atomic E-state index is -3.49. The van der Waals surface area contributed by atoms with E-state index in [1.807, 2.05) is 29.6 Å². The molecule has 0 unspecified atom stereocenters. The van der Waals surface area contributed by atoms with Crippen LogP contribution in [0.2, 0.25) is 0 Å². The number of thiazole rings is 1. The highest BCUT2D eigenvalue weighted by Gasteiger charge is 2.23. The van der Waals surface area contributed by atoms with Gasteiger partial charge in [0.15, 0.2) is 5.75 Å². The molecule has 0 aliphatic carbocycles. The minimum absolute atomic E-state index is 0.211. The zero-order valence-corrected chi connectivity index (χ0v) is 17.2. The van der Waals surface area contributed by atoms with Crippen LogP contribution in [0.25, 0.3) is 16.8 Å². The van der Waals surface area contributed by atoms with E-state index in [4.69, 9.17) is 4.74 Å². The number of hydrogen-bond donors (Lipinski definition) is 1. The molecule has 1 aliphatic heterocycles. The SMILES string of the molecule is CN(C)S(=O)(=O)c1ccc(-c2csc(/C(C#N)=C3\Nc4ccccc4O3)n2)cc1. The van der Waals surface area contributed by atoms with Gasteiger partial charge in [0.05, 0.1) is 16.3 Å². The van der Waals surface area contributed by atoms with Gasteiger partial charge in [0.2, 0.25) is 15.9 Å². The molecule has 0 radical (unpaired) electrons. The fourth-order valence-electron chi connectivity index (χ4n) is 2.76. The number of ether oxygens (including phenoxy) is 1. The molecule has 0 atom stereocenters. The summed E-state index contributed by atoms with van der Waals surface area (Å²) in [6.07, 6.45) is 0. The van der Waals surface area contributed by atoms with Gasteiger partial charge in [0.25, 0.3) is 0 Å². The molecular formula is C20H16N4O3S2. The van der Waals surface area contributed by atoms with E-state index in [-0.39, 0.29) is 4.90 Å². The highest BCUT2D eigenvalue weighted by molar-refractivity contribution is 7.89. The van der Waals surface area contributed by atoms with Gasteiger partial charge in [-0.2, -0.15) is 5.26 Å². The number of sulfonamides is 1. The lowest BCUT2D eigenvalue weighted by atomic mass is 10.2. The van der Waals surface area contributed by atoms with Crippen LogP contribution in [0, 0.1) is 11.3 Å². The average Bonchev–Trinajstić information content (AvgIpc) is 3.36. The van der Waals surface area contributed by atoms with Crippen LogP contribution in [0.1, 0.15) is 5.01 Å². The van der Waals surface area contributed by atoms with Crippen LogP contribution in [0.3, 0.4) is 0 Å². The minimum Gasteiger partial charge on any atom is -0.437 e. The fourth-order valence-corrected chi connectivity index (χ4v) is 4.48. The van der Waals surface area contributed by atoms with Crippen molar-refractivity contribution in [2.24, 2.45) is 0 Å². The molecule has 0 fully saturated rings. The molecule has 4 rings (SSSR count). The summed E-state index contributed by atoms with van der Waals surface area (Å²) in [6, 6.07) is 16.1. The molecule has 2 aromatic carbocycles. The summed E-state index contributed by atoms with van der Waals surface area (Å²) in [5.74, 6) is 1.01. The lowest BCUT2D eigenvalue weighted by Crippen LogP contribution is -2.22. The molecule has 1 N–H and O–H groups in total. The maximum absolute atomic E-state index is 12.2. The number of allylic oxidation sites excluding steroid dienone is 1. The molecule has 7 nitrogen and oxygen atoms in total. The van der Waals surface area contributed by atoms with Crippen molar-refractivity contribution in [3.8, 4) is 23.1 Å². The van der Waals surface area contributed by atoms with E-state index in [0.29, 0.717) is 27.9 Å². The van der Waals surface area contributed by atoms with Crippen molar-refractivity contribution in [1.82, 2.24) is 9.29 Å². The summed E-state index contributed by atoms with van der Waals surface area (Å²) in [4.78, 5) is 4.76. The van der Waals surface area contributed by atoms with E-state index >= 15 is 0 Å². The molecule has 146 valence electrons. The predicted octanol–water partition coefficient (Wildman–Crippen LogP) is 3.76. The Hall–Kier alpha value is -3.19. The molecule has 0 spiro atoms. The number of benzene rings is 2. The van der Waals surface area contributed by atoms with Gasteiger partial charge in [-0.15, -0.1) is 11.3 Å². The molecule has 0 amide bonds. The normalized spacial score (nSPS) is 14.7. The van der Waals surface area contributed by atoms with E-state index < -0.39 is 10.0 Å². The van der Waals surface area contributed by atoms with Crippen LogP contribution >= 0.6 is 11.3 Å². The molecule has 2 heterocycles. The number of para-hydroxylation sites is 2. The Morgan fingerprint density at radius 3 is 2.55 bits per heavy atom. The second kappa shape index (κ2) is 7.33.